The molecular weight excluding hydrogens is 202 g/mol. The molecule has 16 heavy (non-hydrogen) atoms. The zero-order valence-corrected chi connectivity index (χ0v) is 10.1. The molecule has 0 saturated heterocycles. The minimum atomic E-state index is 0.357. The van der Waals surface area contributed by atoms with Gasteiger partial charge in [0.2, 0.25) is 0 Å². The second-order valence-corrected chi connectivity index (χ2v) is 5.07. The van der Waals surface area contributed by atoms with Crippen molar-refractivity contribution in [2.75, 3.05) is 0 Å². The van der Waals surface area contributed by atoms with Gasteiger partial charge in [-0.25, -0.2) is 9.67 Å². The molecule has 0 aromatic carbocycles. The highest BCUT2D eigenvalue weighted by Gasteiger charge is 2.31. The van der Waals surface area contributed by atoms with Crippen LogP contribution in [0.3, 0.4) is 0 Å². The highest BCUT2D eigenvalue weighted by molar-refractivity contribution is 4.95. The van der Waals surface area contributed by atoms with Crippen LogP contribution in [0.5, 0.6) is 0 Å². The number of nitrogens with zero attached hydrogens (tertiary/aromatic N) is 3. The molecule has 0 bridgehead atoms. The van der Waals surface area contributed by atoms with Crippen LogP contribution in [0.15, 0.2) is 6.33 Å². The summed E-state index contributed by atoms with van der Waals surface area (Å²) in [6.45, 7) is 5.30. The molecule has 1 aliphatic carbocycles. The van der Waals surface area contributed by atoms with Gasteiger partial charge < -0.3 is 0 Å². The van der Waals surface area contributed by atoms with E-state index in [1.807, 2.05) is 4.68 Å². The second kappa shape index (κ2) is 4.93. The standard InChI is InChI=1S/C11H21N5/c1-8(2)6-16-11(13-7-14-16)5-10(15-12)9-3-4-9/h7-10,15H,3-6,12H2,1-2H3. The van der Waals surface area contributed by atoms with Gasteiger partial charge in [-0.15, -0.1) is 0 Å². The lowest BCUT2D eigenvalue weighted by Gasteiger charge is -2.15. The molecular formula is C11H21N5. The van der Waals surface area contributed by atoms with Gasteiger partial charge in [-0.1, -0.05) is 13.8 Å². The summed E-state index contributed by atoms with van der Waals surface area (Å²) in [6.07, 6.45) is 5.09. The van der Waals surface area contributed by atoms with Gasteiger partial charge in [0.15, 0.2) is 0 Å². The van der Waals surface area contributed by atoms with Crippen molar-refractivity contribution in [3.63, 3.8) is 0 Å². The number of aromatic nitrogens is 3. The van der Waals surface area contributed by atoms with E-state index >= 15 is 0 Å². The Labute approximate surface area is 96.4 Å². The van der Waals surface area contributed by atoms with E-state index in [2.05, 4.69) is 29.4 Å². The lowest BCUT2D eigenvalue weighted by Crippen LogP contribution is -2.39. The van der Waals surface area contributed by atoms with Crippen molar-refractivity contribution in [2.45, 2.75) is 45.7 Å². The molecule has 3 N–H and O–H groups in total. The number of nitrogens with two attached hydrogens (primary N) is 1. The van der Waals surface area contributed by atoms with Gasteiger partial charge in [-0.2, -0.15) is 5.10 Å². The molecule has 0 amide bonds. The average molecular weight is 223 g/mol. The molecule has 1 aromatic heterocycles. The molecule has 90 valence electrons. The fourth-order valence-corrected chi connectivity index (χ4v) is 2.00. The molecule has 1 saturated carbocycles. The van der Waals surface area contributed by atoms with Crippen LogP contribution in [-0.4, -0.2) is 20.8 Å². The van der Waals surface area contributed by atoms with E-state index in [0.717, 1.165) is 24.7 Å². The highest BCUT2D eigenvalue weighted by Crippen LogP contribution is 2.33. The number of rotatable bonds is 6. The molecule has 0 radical (unpaired) electrons. The first kappa shape index (κ1) is 11.5. The van der Waals surface area contributed by atoms with Gasteiger partial charge >= 0.3 is 0 Å². The Kier molecular flexibility index (Phi) is 3.56. The van der Waals surface area contributed by atoms with E-state index in [1.165, 1.54) is 12.8 Å². The van der Waals surface area contributed by atoms with E-state index in [-0.39, 0.29) is 0 Å². The van der Waals surface area contributed by atoms with Crippen LogP contribution < -0.4 is 11.3 Å². The summed E-state index contributed by atoms with van der Waals surface area (Å²) in [7, 11) is 0. The lowest BCUT2D eigenvalue weighted by molar-refractivity contribution is 0.423. The normalized spacial score (nSPS) is 18.0. The average Bonchev–Trinajstić information content (AvgIpc) is 2.98. The van der Waals surface area contributed by atoms with Crippen molar-refractivity contribution in [1.29, 1.82) is 0 Å². The van der Waals surface area contributed by atoms with Crippen LogP contribution >= 0.6 is 0 Å². The van der Waals surface area contributed by atoms with Crippen LogP contribution in [-0.2, 0) is 13.0 Å². The van der Waals surface area contributed by atoms with Crippen molar-refractivity contribution in [3.8, 4) is 0 Å². The fraction of sp³-hybridized carbons (Fsp3) is 0.818. The van der Waals surface area contributed by atoms with Crippen molar-refractivity contribution >= 4 is 0 Å². The molecule has 2 rings (SSSR count). The number of hydrogen-bond acceptors (Lipinski definition) is 4. The van der Waals surface area contributed by atoms with Crippen LogP contribution in [0.25, 0.3) is 0 Å². The number of nitrogens with one attached hydrogen (secondary N) is 1. The summed E-state index contributed by atoms with van der Waals surface area (Å²) in [4.78, 5) is 4.32. The van der Waals surface area contributed by atoms with Gasteiger partial charge in [0.1, 0.15) is 12.2 Å². The predicted octanol–water partition coefficient (Wildman–Crippen LogP) is 0.718. The summed E-state index contributed by atoms with van der Waals surface area (Å²) >= 11 is 0. The first-order valence-electron chi connectivity index (χ1n) is 6.03. The highest BCUT2D eigenvalue weighted by atomic mass is 15.3. The van der Waals surface area contributed by atoms with E-state index in [4.69, 9.17) is 5.84 Å². The number of hydrogen-bond donors (Lipinski definition) is 2. The minimum absolute atomic E-state index is 0.357. The topological polar surface area (TPSA) is 68.8 Å². The van der Waals surface area contributed by atoms with Crippen LogP contribution in [0.4, 0.5) is 0 Å². The zero-order valence-electron chi connectivity index (χ0n) is 10.1. The van der Waals surface area contributed by atoms with Gasteiger partial charge in [0.05, 0.1) is 0 Å². The minimum Gasteiger partial charge on any atom is -0.271 e. The molecule has 1 aromatic rings. The van der Waals surface area contributed by atoms with E-state index < -0.39 is 0 Å². The maximum absolute atomic E-state index is 5.57. The van der Waals surface area contributed by atoms with Crippen molar-refractivity contribution < 1.29 is 0 Å². The molecule has 1 heterocycles. The lowest BCUT2D eigenvalue weighted by atomic mass is 10.1. The Morgan fingerprint density at radius 3 is 2.88 bits per heavy atom. The van der Waals surface area contributed by atoms with Gasteiger partial charge in [0.25, 0.3) is 0 Å². The molecule has 1 fully saturated rings. The molecule has 1 aliphatic rings. The summed E-state index contributed by atoms with van der Waals surface area (Å²) in [5.41, 5.74) is 2.90. The van der Waals surface area contributed by atoms with Crippen LogP contribution in [0, 0.1) is 11.8 Å². The van der Waals surface area contributed by atoms with E-state index in [1.54, 1.807) is 6.33 Å². The third-order valence-corrected chi connectivity index (χ3v) is 3.04. The quantitative estimate of drug-likeness (QED) is 0.551. The van der Waals surface area contributed by atoms with Gasteiger partial charge in [0, 0.05) is 19.0 Å². The van der Waals surface area contributed by atoms with E-state index in [0.29, 0.717) is 12.0 Å². The first-order chi connectivity index (χ1) is 7.70. The van der Waals surface area contributed by atoms with Crippen LogP contribution in [0.2, 0.25) is 0 Å². The summed E-state index contributed by atoms with van der Waals surface area (Å²) in [6, 6.07) is 0.357. The van der Waals surface area contributed by atoms with Crippen molar-refractivity contribution in [3.05, 3.63) is 12.2 Å². The smallest absolute Gasteiger partial charge is 0.138 e. The third-order valence-electron chi connectivity index (χ3n) is 3.04. The molecule has 0 spiro atoms. The summed E-state index contributed by atoms with van der Waals surface area (Å²) in [5, 5.41) is 4.26. The van der Waals surface area contributed by atoms with Gasteiger partial charge in [-0.05, 0) is 24.7 Å². The molecule has 5 heteroatoms. The van der Waals surface area contributed by atoms with Gasteiger partial charge in [-0.3, -0.25) is 11.3 Å². The maximum Gasteiger partial charge on any atom is 0.138 e. The molecule has 5 nitrogen and oxygen atoms in total. The van der Waals surface area contributed by atoms with Crippen molar-refractivity contribution in [2.24, 2.45) is 17.7 Å². The maximum atomic E-state index is 5.57. The largest absolute Gasteiger partial charge is 0.271 e. The molecule has 1 atom stereocenters. The Balaban J connectivity index is 1.99. The Morgan fingerprint density at radius 1 is 1.56 bits per heavy atom. The van der Waals surface area contributed by atoms with Crippen molar-refractivity contribution in [1.82, 2.24) is 20.2 Å². The third kappa shape index (κ3) is 2.80. The SMILES string of the molecule is CC(C)Cn1ncnc1CC(NN)C1CC1. The zero-order chi connectivity index (χ0) is 11.5. The first-order valence-corrected chi connectivity index (χ1v) is 6.03. The Hall–Kier alpha value is -0.940. The predicted molar refractivity (Wildman–Crippen MR) is 62.4 cm³/mol. The summed E-state index contributed by atoms with van der Waals surface area (Å²) in [5.74, 6) is 7.94. The Bertz CT molecular complexity index is 329. The van der Waals surface area contributed by atoms with Crippen LogP contribution in [0.1, 0.15) is 32.5 Å². The Morgan fingerprint density at radius 2 is 2.31 bits per heavy atom. The fourth-order valence-electron chi connectivity index (χ4n) is 2.00. The van der Waals surface area contributed by atoms with E-state index in [9.17, 15) is 0 Å². The summed E-state index contributed by atoms with van der Waals surface area (Å²) < 4.78 is 2.00. The monoisotopic (exact) mass is 223 g/mol. The molecule has 0 aliphatic heterocycles. The molecule has 1 unspecified atom stereocenters. The number of hydrazine groups is 1. The second-order valence-electron chi connectivity index (χ2n) is 5.07.